The van der Waals surface area contributed by atoms with Crippen molar-refractivity contribution >= 4 is 34.6 Å². The molecule has 4 rings (SSSR count). The largest absolute Gasteiger partial charge is 0.455 e. The van der Waals surface area contributed by atoms with E-state index in [2.05, 4.69) is 10.7 Å². The summed E-state index contributed by atoms with van der Waals surface area (Å²) in [6, 6.07) is 12.8. The second-order valence-electron chi connectivity index (χ2n) is 7.77. The minimum atomic E-state index is -0.921. The van der Waals surface area contributed by atoms with Gasteiger partial charge < -0.3 is 10.1 Å². The van der Waals surface area contributed by atoms with Crippen LogP contribution in [0, 0.1) is 0 Å². The zero-order valence-electron chi connectivity index (χ0n) is 16.5. The topological polar surface area (TPSA) is 105 Å². The minimum Gasteiger partial charge on any atom is -0.455 e. The number of nitrogens with zero attached hydrogens (tertiary/aromatic N) is 1. The highest BCUT2D eigenvalue weighted by molar-refractivity contribution is 6.08. The second kappa shape index (κ2) is 8.14. The summed E-state index contributed by atoms with van der Waals surface area (Å²) in [5.41, 5.74) is 2.10. The molecule has 1 aliphatic heterocycles. The van der Waals surface area contributed by atoms with Gasteiger partial charge in [-0.2, -0.15) is 5.01 Å². The van der Waals surface area contributed by atoms with Gasteiger partial charge in [0.1, 0.15) is 5.54 Å². The molecule has 1 spiro atoms. The molecule has 156 valence electrons. The number of rotatable bonds is 5. The molecule has 4 amide bonds. The minimum absolute atomic E-state index is 0.0182. The normalized spacial score (nSPS) is 17.8. The fourth-order valence-electron chi connectivity index (χ4n) is 4.09. The Balaban J connectivity index is 1.29. The van der Waals surface area contributed by atoms with Crippen LogP contribution >= 0.6 is 0 Å². The molecule has 30 heavy (non-hydrogen) atoms. The molecule has 2 aromatic rings. The van der Waals surface area contributed by atoms with Crippen molar-refractivity contribution in [1.82, 2.24) is 15.8 Å². The first-order valence-electron chi connectivity index (χ1n) is 10.1. The van der Waals surface area contributed by atoms with E-state index in [1.54, 1.807) is 0 Å². The van der Waals surface area contributed by atoms with Crippen LogP contribution in [0.15, 0.2) is 42.5 Å². The predicted octanol–water partition coefficient (Wildman–Crippen LogP) is 2.21. The summed E-state index contributed by atoms with van der Waals surface area (Å²) in [6.45, 7) is -0.573. The van der Waals surface area contributed by atoms with E-state index in [0.717, 1.165) is 35.6 Å². The first-order chi connectivity index (χ1) is 14.5. The molecule has 1 saturated carbocycles. The molecule has 0 aromatic heterocycles. The second-order valence-corrected chi connectivity index (χ2v) is 7.77. The van der Waals surface area contributed by atoms with Crippen LogP contribution in [0.2, 0.25) is 0 Å². The maximum atomic E-state index is 12.6. The highest BCUT2D eigenvalue weighted by atomic mass is 16.5. The van der Waals surface area contributed by atoms with Gasteiger partial charge in [-0.3, -0.25) is 19.8 Å². The van der Waals surface area contributed by atoms with Crippen molar-refractivity contribution in [3.63, 3.8) is 0 Å². The molecule has 0 radical (unpaired) electrons. The smallest absolute Gasteiger partial charge is 0.344 e. The third-order valence-corrected chi connectivity index (χ3v) is 5.63. The summed E-state index contributed by atoms with van der Waals surface area (Å²) >= 11 is 0. The van der Waals surface area contributed by atoms with Gasteiger partial charge in [0, 0.05) is 0 Å². The third kappa shape index (κ3) is 3.98. The summed E-state index contributed by atoms with van der Waals surface area (Å²) < 4.78 is 5.02. The average Bonchev–Trinajstić information content (AvgIpc) is 2.96. The number of ether oxygens (including phenoxy) is 1. The Morgan fingerprint density at radius 3 is 2.53 bits per heavy atom. The molecule has 1 saturated heterocycles. The molecule has 0 atom stereocenters. The van der Waals surface area contributed by atoms with E-state index >= 15 is 0 Å². The van der Waals surface area contributed by atoms with Crippen LogP contribution in [0.3, 0.4) is 0 Å². The standard InChI is InChI=1S/C22H23N3O5/c26-18(24-25-20(28)22(23-21(25)29)10-4-1-5-11-22)14-30-19(27)13-15-8-9-16-6-2-3-7-17(16)12-15/h2-3,6-9,12H,1,4-5,10-11,13-14H2,(H,23,29)(H,24,26). The van der Waals surface area contributed by atoms with Gasteiger partial charge in [-0.25, -0.2) is 4.79 Å². The number of nitrogens with one attached hydrogen (secondary N) is 2. The first kappa shape index (κ1) is 19.9. The zero-order valence-corrected chi connectivity index (χ0v) is 16.5. The summed E-state index contributed by atoms with van der Waals surface area (Å²) in [7, 11) is 0. The fourth-order valence-corrected chi connectivity index (χ4v) is 4.09. The molecule has 1 aliphatic carbocycles. The van der Waals surface area contributed by atoms with E-state index in [1.165, 1.54) is 0 Å². The van der Waals surface area contributed by atoms with Gasteiger partial charge in [-0.05, 0) is 29.2 Å². The zero-order chi connectivity index (χ0) is 21.1. The van der Waals surface area contributed by atoms with E-state index in [0.29, 0.717) is 17.9 Å². The van der Waals surface area contributed by atoms with Gasteiger partial charge in [0.2, 0.25) is 0 Å². The Kier molecular flexibility index (Phi) is 5.39. The molecular weight excluding hydrogens is 386 g/mol. The predicted molar refractivity (Wildman–Crippen MR) is 108 cm³/mol. The number of carbonyl (C=O) groups excluding carboxylic acids is 4. The van der Waals surface area contributed by atoms with E-state index in [1.807, 2.05) is 42.5 Å². The third-order valence-electron chi connectivity index (χ3n) is 5.63. The summed E-state index contributed by atoms with van der Waals surface area (Å²) in [4.78, 5) is 49.0. The van der Waals surface area contributed by atoms with Gasteiger partial charge in [0.15, 0.2) is 6.61 Å². The van der Waals surface area contributed by atoms with Crippen LogP contribution in [-0.4, -0.2) is 41.0 Å². The number of urea groups is 1. The lowest BCUT2D eigenvalue weighted by Gasteiger charge is -2.30. The van der Waals surface area contributed by atoms with Crippen molar-refractivity contribution in [2.24, 2.45) is 0 Å². The van der Waals surface area contributed by atoms with E-state index < -0.39 is 36.0 Å². The van der Waals surface area contributed by atoms with Gasteiger partial charge in [0.05, 0.1) is 6.42 Å². The maximum absolute atomic E-state index is 12.6. The maximum Gasteiger partial charge on any atom is 0.344 e. The van der Waals surface area contributed by atoms with Crippen LogP contribution in [0.5, 0.6) is 0 Å². The van der Waals surface area contributed by atoms with Crippen LogP contribution in [0.25, 0.3) is 10.8 Å². The average molecular weight is 409 g/mol. The van der Waals surface area contributed by atoms with Gasteiger partial charge >= 0.3 is 12.0 Å². The molecular formula is C22H23N3O5. The molecule has 1 heterocycles. The quantitative estimate of drug-likeness (QED) is 0.582. The van der Waals surface area contributed by atoms with Crippen LogP contribution in [0.1, 0.15) is 37.7 Å². The number of imide groups is 1. The Morgan fingerprint density at radius 1 is 1.03 bits per heavy atom. The molecule has 0 unspecified atom stereocenters. The Labute approximate surface area is 173 Å². The van der Waals surface area contributed by atoms with Crippen molar-refractivity contribution in [1.29, 1.82) is 0 Å². The monoisotopic (exact) mass is 409 g/mol. The van der Waals surface area contributed by atoms with Crippen molar-refractivity contribution in [2.45, 2.75) is 44.1 Å². The SMILES string of the molecule is O=C(COC(=O)Cc1ccc2ccccc2c1)NN1C(=O)NC2(CCCCC2)C1=O. The number of hydrazine groups is 1. The Morgan fingerprint density at radius 2 is 1.77 bits per heavy atom. The number of esters is 1. The number of amides is 4. The first-order valence-corrected chi connectivity index (χ1v) is 10.1. The fraction of sp³-hybridized carbons (Fsp3) is 0.364. The Bertz CT molecular complexity index is 1010. The van der Waals surface area contributed by atoms with Crippen molar-refractivity contribution in [3.8, 4) is 0 Å². The number of hydrogen-bond acceptors (Lipinski definition) is 5. The lowest BCUT2D eigenvalue weighted by Crippen LogP contribution is -2.51. The molecule has 2 N–H and O–H groups in total. The van der Waals surface area contributed by atoms with Gasteiger partial charge in [-0.15, -0.1) is 0 Å². The molecule has 2 aromatic carbocycles. The molecule has 8 heteroatoms. The lowest BCUT2D eigenvalue weighted by atomic mass is 9.82. The number of benzene rings is 2. The number of hydrogen-bond donors (Lipinski definition) is 2. The molecule has 0 bridgehead atoms. The van der Waals surface area contributed by atoms with Gasteiger partial charge in [0.25, 0.3) is 11.8 Å². The van der Waals surface area contributed by atoms with Crippen molar-refractivity contribution in [3.05, 3.63) is 48.0 Å². The lowest BCUT2D eigenvalue weighted by molar-refractivity contribution is -0.150. The van der Waals surface area contributed by atoms with E-state index in [-0.39, 0.29) is 6.42 Å². The van der Waals surface area contributed by atoms with Crippen LogP contribution in [-0.2, 0) is 25.5 Å². The summed E-state index contributed by atoms with van der Waals surface area (Å²) in [5, 5.41) is 5.48. The molecule has 2 fully saturated rings. The van der Waals surface area contributed by atoms with E-state index in [9.17, 15) is 19.2 Å². The number of carbonyl (C=O) groups is 4. The van der Waals surface area contributed by atoms with Crippen LogP contribution < -0.4 is 10.7 Å². The van der Waals surface area contributed by atoms with E-state index in [4.69, 9.17) is 4.74 Å². The van der Waals surface area contributed by atoms with Crippen molar-refractivity contribution < 1.29 is 23.9 Å². The Hall–Kier alpha value is -3.42. The highest BCUT2D eigenvalue weighted by Crippen LogP contribution is 2.32. The molecule has 8 nitrogen and oxygen atoms in total. The summed E-state index contributed by atoms with van der Waals surface area (Å²) in [5.74, 6) is -1.76. The molecule has 2 aliphatic rings. The summed E-state index contributed by atoms with van der Waals surface area (Å²) in [6.07, 6.45) is 3.85. The highest BCUT2D eigenvalue weighted by Gasteiger charge is 2.52. The van der Waals surface area contributed by atoms with Gasteiger partial charge in [-0.1, -0.05) is 61.7 Å². The number of fused-ring (bicyclic) bond motifs is 1. The van der Waals surface area contributed by atoms with Crippen LogP contribution in [0.4, 0.5) is 4.79 Å². The van der Waals surface area contributed by atoms with Crippen molar-refractivity contribution in [2.75, 3.05) is 6.61 Å².